The van der Waals surface area contributed by atoms with Crippen molar-refractivity contribution in [2.24, 2.45) is 5.92 Å². The summed E-state index contributed by atoms with van der Waals surface area (Å²) in [6, 6.07) is 9.25. The van der Waals surface area contributed by atoms with Gasteiger partial charge in [0.05, 0.1) is 19.0 Å². The Kier molecular flexibility index (Phi) is 4.97. The number of amides is 1. The molecule has 1 unspecified atom stereocenters. The van der Waals surface area contributed by atoms with Crippen LogP contribution in [0.25, 0.3) is 11.1 Å². The number of phenolic OH excluding ortho intramolecular Hbond substituents is 1. The van der Waals surface area contributed by atoms with Crippen molar-refractivity contribution in [2.45, 2.75) is 20.0 Å². The first-order chi connectivity index (χ1) is 13.6. The van der Waals surface area contributed by atoms with E-state index in [1.807, 2.05) is 37.4 Å². The van der Waals surface area contributed by atoms with E-state index in [9.17, 15) is 9.90 Å². The summed E-state index contributed by atoms with van der Waals surface area (Å²) >= 11 is 0. The van der Waals surface area contributed by atoms with Gasteiger partial charge in [-0.05, 0) is 29.8 Å². The van der Waals surface area contributed by atoms with Gasteiger partial charge >= 0.3 is 0 Å². The molecule has 1 aliphatic rings. The quantitative estimate of drug-likeness (QED) is 0.755. The number of rotatable bonds is 4. The second-order valence-electron chi connectivity index (χ2n) is 6.96. The molecule has 3 heterocycles. The van der Waals surface area contributed by atoms with Crippen molar-refractivity contribution in [3.63, 3.8) is 0 Å². The minimum absolute atomic E-state index is 0.0400. The topological polar surface area (TPSA) is 80.5 Å². The summed E-state index contributed by atoms with van der Waals surface area (Å²) in [5, 5.41) is 14.6. The van der Waals surface area contributed by atoms with Gasteiger partial charge in [-0.2, -0.15) is 5.10 Å². The molecule has 0 saturated carbocycles. The molecule has 4 rings (SSSR count). The second kappa shape index (κ2) is 7.72. The Bertz CT molecular complexity index is 957. The Morgan fingerprint density at radius 1 is 1.29 bits per heavy atom. The van der Waals surface area contributed by atoms with E-state index in [4.69, 9.17) is 4.74 Å². The molecule has 1 amide bonds. The van der Waals surface area contributed by atoms with Gasteiger partial charge in [-0.1, -0.05) is 13.0 Å². The van der Waals surface area contributed by atoms with Gasteiger partial charge in [-0.3, -0.25) is 14.5 Å². The molecule has 1 aliphatic heterocycles. The summed E-state index contributed by atoms with van der Waals surface area (Å²) in [6.07, 6.45) is 7.00. The zero-order valence-corrected chi connectivity index (χ0v) is 15.7. The van der Waals surface area contributed by atoms with Crippen LogP contribution in [0.1, 0.15) is 12.5 Å². The fourth-order valence-electron chi connectivity index (χ4n) is 3.47. The highest BCUT2D eigenvalue weighted by Crippen LogP contribution is 2.37. The lowest BCUT2D eigenvalue weighted by Crippen LogP contribution is -2.37. The minimum atomic E-state index is -0.212. The Morgan fingerprint density at radius 3 is 2.93 bits per heavy atom. The molecule has 28 heavy (non-hydrogen) atoms. The number of phenols is 1. The van der Waals surface area contributed by atoms with Gasteiger partial charge in [0.1, 0.15) is 6.61 Å². The third-order valence-electron chi connectivity index (χ3n) is 4.86. The van der Waals surface area contributed by atoms with Crippen LogP contribution in [0.2, 0.25) is 0 Å². The Morgan fingerprint density at radius 2 is 2.18 bits per heavy atom. The third kappa shape index (κ3) is 3.69. The van der Waals surface area contributed by atoms with Crippen LogP contribution in [-0.4, -0.2) is 43.8 Å². The number of aromatic nitrogens is 3. The lowest BCUT2D eigenvalue weighted by atomic mass is 10.0. The van der Waals surface area contributed by atoms with E-state index in [1.165, 1.54) is 0 Å². The number of carbonyl (C=O) groups is 1. The lowest BCUT2D eigenvalue weighted by molar-refractivity contribution is -0.136. The Balaban J connectivity index is 1.58. The van der Waals surface area contributed by atoms with Crippen molar-refractivity contribution in [1.29, 1.82) is 0 Å². The molecule has 7 nitrogen and oxygen atoms in total. The van der Waals surface area contributed by atoms with Crippen LogP contribution in [0.4, 0.5) is 0 Å². The molecule has 0 aliphatic carbocycles. The van der Waals surface area contributed by atoms with Crippen molar-refractivity contribution in [3.05, 3.63) is 60.7 Å². The SMILES string of the molecule is CC(Cn1cccn1)C(=O)N1CCOc2c(O)cc(-c3cccnc3)cc2C1. The molecule has 1 aromatic carbocycles. The van der Waals surface area contributed by atoms with Gasteiger partial charge in [0.15, 0.2) is 11.5 Å². The van der Waals surface area contributed by atoms with Gasteiger partial charge in [-0.25, -0.2) is 0 Å². The van der Waals surface area contributed by atoms with Crippen LogP contribution in [0.3, 0.4) is 0 Å². The fraction of sp³-hybridized carbons (Fsp3) is 0.286. The van der Waals surface area contributed by atoms with E-state index in [-0.39, 0.29) is 17.6 Å². The smallest absolute Gasteiger partial charge is 0.227 e. The highest BCUT2D eigenvalue weighted by molar-refractivity contribution is 5.79. The Labute approximate surface area is 163 Å². The number of pyridine rings is 1. The normalized spacial score (nSPS) is 14.7. The average molecular weight is 378 g/mol. The molecule has 144 valence electrons. The van der Waals surface area contributed by atoms with E-state index in [0.717, 1.165) is 16.7 Å². The maximum absolute atomic E-state index is 13.0. The molecule has 3 aromatic rings. The lowest BCUT2D eigenvalue weighted by Gasteiger charge is -2.24. The van der Waals surface area contributed by atoms with Crippen molar-refractivity contribution >= 4 is 5.91 Å². The summed E-state index contributed by atoms with van der Waals surface area (Å²) in [5.41, 5.74) is 2.53. The highest BCUT2D eigenvalue weighted by atomic mass is 16.5. The number of fused-ring (bicyclic) bond motifs is 1. The summed E-state index contributed by atoms with van der Waals surface area (Å²) in [7, 11) is 0. The second-order valence-corrected chi connectivity index (χ2v) is 6.96. The van der Waals surface area contributed by atoms with Crippen molar-refractivity contribution < 1.29 is 14.6 Å². The molecule has 0 saturated heterocycles. The molecule has 0 bridgehead atoms. The summed E-state index contributed by atoms with van der Waals surface area (Å²) in [6.45, 7) is 3.63. The van der Waals surface area contributed by atoms with Gasteiger partial charge in [-0.15, -0.1) is 0 Å². The summed E-state index contributed by atoms with van der Waals surface area (Å²) in [4.78, 5) is 18.9. The highest BCUT2D eigenvalue weighted by Gasteiger charge is 2.26. The van der Waals surface area contributed by atoms with Gasteiger partial charge in [0.2, 0.25) is 5.91 Å². The summed E-state index contributed by atoms with van der Waals surface area (Å²) < 4.78 is 7.52. The van der Waals surface area contributed by atoms with Crippen molar-refractivity contribution in [3.8, 4) is 22.6 Å². The monoisotopic (exact) mass is 378 g/mol. The zero-order valence-electron chi connectivity index (χ0n) is 15.7. The number of hydrogen-bond acceptors (Lipinski definition) is 5. The first-order valence-corrected chi connectivity index (χ1v) is 9.27. The number of hydrogen-bond donors (Lipinski definition) is 1. The maximum Gasteiger partial charge on any atom is 0.227 e. The predicted octanol–water partition coefficient (Wildman–Crippen LogP) is 2.71. The van der Waals surface area contributed by atoms with Crippen molar-refractivity contribution in [1.82, 2.24) is 19.7 Å². The fourth-order valence-corrected chi connectivity index (χ4v) is 3.47. The number of ether oxygens (including phenoxy) is 1. The van der Waals surface area contributed by atoms with E-state index < -0.39 is 0 Å². The first kappa shape index (κ1) is 18.0. The molecule has 7 heteroatoms. The number of nitrogens with zero attached hydrogens (tertiary/aromatic N) is 4. The average Bonchev–Trinajstić information content (AvgIpc) is 3.11. The van der Waals surface area contributed by atoms with Gasteiger partial charge < -0.3 is 14.7 Å². The number of aromatic hydroxyl groups is 1. The van der Waals surface area contributed by atoms with Crippen LogP contribution < -0.4 is 4.74 Å². The molecule has 0 radical (unpaired) electrons. The molecule has 0 spiro atoms. The van der Waals surface area contributed by atoms with Crippen LogP contribution in [-0.2, 0) is 17.9 Å². The molecular formula is C21H22N4O3. The van der Waals surface area contributed by atoms with Gasteiger partial charge in [0.25, 0.3) is 0 Å². The van der Waals surface area contributed by atoms with E-state index >= 15 is 0 Å². The molecule has 0 fully saturated rings. The van der Waals surface area contributed by atoms with Crippen LogP contribution in [0.5, 0.6) is 11.5 Å². The minimum Gasteiger partial charge on any atom is -0.504 e. The number of carbonyl (C=O) groups excluding carboxylic acids is 1. The molecular weight excluding hydrogens is 356 g/mol. The standard InChI is InChI=1S/C21H22N4O3/c1-15(13-25-7-3-6-23-25)21(27)24-8-9-28-20-18(14-24)10-17(11-19(20)26)16-4-2-5-22-12-16/h2-7,10-12,15,26H,8-9,13-14H2,1H3. The molecule has 1 N–H and O–H groups in total. The van der Waals surface area contributed by atoms with Crippen LogP contribution in [0.15, 0.2) is 55.1 Å². The third-order valence-corrected chi connectivity index (χ3v) is 4.86. The Hall–Kier alpha value is -3.35. The van der Waals surface area contributed by atoms with E-state index in [0.29, 0.717) is 32.0 Å². The maximum atomic E-state index is 13.0. The van der Waals surface area contributed by atoms with Crippen LogP contribution >= 0.6 is 0 Å². The van der Waals surface area contributed by atoms with Crippen molar-refractivity contribution in [2.75, 3.05) is 13.2 Å². The molecule has 2 aromatic heterocycles. The van der Waals surface area contributed by atoms with Gasteiger partial charge in [0, 0.05) is 42.5 Å². The van der Waals surface area contributed by atoms with E-state index in [2.05, 4.69) is 10.1 Å². The van der Waals surface area contributed by atoms with E-state index in [1.54, 1.807) is 34.2 Å². The first-order valence-electron chi connectivity index (χ1n) is 9.27. The largest absolute Gasteiger partial charge is 0.504 e. The summed E-state index contributed by atoms with van der Waals surface area (Å²) in [5.74, 6) is 0.354. The predicted molar refractivity (Wildman–Crippen MR) is 104 cm³/mol. The zero-order chi connectivity index (χ0) is 19.5. The molecule has 1 atom stereocenters. The van der Waals surface area contributed by atoms with Crippen LogP contribution in [0, 0.1) is 5.92 Å². The number of benzene rings is 1.